The second kappa shape index (κ2) is 9.36. The first-order valence-corrected chi connectivity index (χ1v) is 8.87. The molecule has 0 unspecified atom stereocenters. The van der Waals surface area contributed by atoms with Crippen LogP contribution in [0.2, 0.25) is 0 Å². The fourth-order valence-corrected chi connectivity index (χ4v) is 3.21. The van der Waals surface area contributed by atoms with Gasteiger partial charge >= 0.3 is 5.69 Å². The third kappa shape index (κ3) is 5.70. The van der Waals surface area contributed by atoms with Gasteiger partial charge in [-0.1, -0.05) is 32.1 Å². The summed E-state index contributed by atoms with van der Waals surface area (Å²) in [6.45, 7) is 1.97. The molecule has 0 heterocycles. The van der Waals surface area contributed by atoms with E-state index in [1.807, 2.05) is 0 Å². The van der Waals surface area contributed by atoms with E-state index >= 15 is 0 Å². The maximum absolute atomic E-state index is 12.2. The molecular formula is C18H27N3O4. The molecule has 25 heavy (non-hydrogen) atoms. The highest BCUT2D eigenvalue weighted by atomic mass is 16.6. The molecule has 0 saturated heterocycles. The van der Waals surface area contributed by atoms with E-state index in [1.54, 1.807) is 6.92 Å². The van der Waals surface area contributed by atoms with Crippen LogP contribution in [0.5, 0.6) is 5.75 Å². The summed E-state index contributed by atoms with van der Waals surface area (Å²) in [7, 11) is 1.37. The number of nitro benzene ring substituents is 1. The molecule has 2 rings (SSSR count). The van der Waals surface area contributed by atoms with E-state index in [0.29, 0.717) is 17.3 Å². The zero-order valence-electron chi connectivity index (χ0n) is 15.0. The first-order valence-electron chi connectivity index (χ1n) is 8.87. The van der Waals surface area contributed by atoms with Gasteiger partial charge in [-0.3, -0.25) is 14.9 Å². The van der Waals surface area contributed by atoms with Gasteiger partial charge in [-0.05, 0) is 25.3 Å². The third-order valence-corrected chi connectivity index (χ3v) is 4.65. The number of carbonyl (C=O) groups excluding carboxylic acids is 1. The summed E-state index contributed by atoms with van der Waals surface area (Å²) in [4.78, 5) is 22.8. The van der Waals surface area contributed by atoms with Crippen LogP contribution >= 0.6 is 0 Å². The number of nitrogens with one attached hydrogen (secondary N) is 2. The van der Waals surface area contributed by atoms with Gasteiger partial charge in [0, 0.05) is 23.9 Å². The number of aryl methyl sites for hydroxylation is 1. The lowest BCUT2D eigenvalue weighted by molar-refractivity contribution is -0.385. The van der Waals surface area contributed by atoms with Crippen LogP contribution in [0.15, 0.2) is 12.1 Å². The van der Waals surface area contributed by atoms with E-state index < -0.39 is 4.92 Å². The van der Waals surface area contributed by atoms with Gasteiger partial charge in [-0.15, -0.1) is 0 Å². The van der Waals surface area contributed by atoms with Gasteiger partial charge in [0.1, 0.15) is 0 Å². The van der Waals surface area contributed by atoms with Crippen LogP contribution in [0.3, 0.4) is 0 Å². The Labute approximate surface area is 148 Å². The minimum atomic E-state index is -0.492. The Morgan fingerprint density at radius 3 is 2.48 bits per heavy atom. The number of benzene rings is 1. The molecule has 7 nitrogen and oxygen atoms in total. The molecule has 1 aliphatic rings. The monoisotopic (exact) mass is 349 g/mol. The summed E-state index contributed by atoms with van der Waals surface area (Å²) in [5.41, 5.74) is 1.06. The molecule has 0 aromatic heterocycles. The zero-order valence-corrected chi connectivity index (χ0v) is 15.0. The van der Waals surface area contributed by atoms with E-state index in [0.717, 1.165) is 12.8 Å². The van der Waals surface area contributed by atoms with Gasteiger partial charge < -0.3 is 15.4 Å². The summed E-state index contributed by atoms with van der Waals surface area (Å²) >= 11 is 0. The Morgan fingerprint density at radius 1 is 1.24 bits per heavy atom. The van der Waals surface area contributed by atoms with Crippen molar-refractivity contribution < 1.29 is 14.5 Å². The summed E-state index contributed by atoms with van der Waals surface area (Å²) in [6, 6.07) is 3.30. The van der Waals surface area contributed by atoms with Crippen molar-refractivity contribution in [3.8, 4) is 5.75 Å². The molecule has 1 aliphatic carbocycles. The van der Waals surface area contributed by atoms with Crippen molar-refractivity contribution in [2.75, 3.05) is 19.0 Å². The van der Waals surface area contributed by atoms with E-state index in [2.05, 4.69) is 10.6 Å². The largest absolute Gasteiger partial charge is 0.490 e. The van der Waals surface area contributed by atoms with Crippen molar-refractivity contribution in [2.45, 2.75) is 57.9 Å². The molecule has 0 atom stereocenters. The van der Waals surface area contributed by atoms with Crippen LogP contribution in [0, 0.1) is 17.0 Å². The molecule has 1 amide bonds. The van der Waals surface area contributed by atoms with Crippen molar-refractivity contribution in [1.29, 1.82) is 0 Å². The smallest absolute Gasteiger partial charge is 0.311 e. The highest BCUT2D eigenvalue weighted by Crippen LogP contribution is 2.32. The number of carbonyl (C=O) groups is 1. The number of rotatable bonds is 6. The van der Waals surface area contributed by atoms with Crippen LogP contribution in [-0.4, -0.2) is 30.5 Å². The zero-order chi connectivity index (χ0) is 18.2. The Bertz CT molecular complexity index is 611. The standard InChI is InChI=1S/C18H27N3O4/c1-13-10-16(21(23)24)17(25-2)11-15(13)20-18(22)12-19-14-8-6-4-3-5-7-9-14/h10-11,14,19H,3-9,12H2,1-2H3,(H,20,22). The van der Waals surface area contributed by atoms with E-state index in [-0.39, 0.29) is 23.9 Å². The first kappa shape index (κ1) is 19.2. The average Bonchev–Trinajstić information content (AvgIpc) is 2.55. The molecule has 7 heteroatoms. The van der Waals surface area contributed by atoms with Crippen molar-refractivity contribution in [3.63, 3.8) is 0 Å². The van der Waals surface area contributed by atoms with Crippen molar-refractivity contribution in [1.82, 2.24) is 5.32 Å². The molecule has 0 radical (unpaired) electrons. The molecule has 0 spiro atoms. The van der Waals surface area contributed by atoms with Crippen molar-refractivity contribution in [2.24, 2.45) is 0 Å². The molecule has 0 aliphatic heterocycles. The third-order valence-electron chi connectivity index (χ3n) is 4.65. The van der Waals surface area contributed by atoms with E-state index in [4.69, 9.17) is 4.74 Å². The van der Waals surface area contributed by atoms with E-state index in [1.165, 1.54) is 51.3 Å². The number of hydrogen-bond acceptors (Lipinski definition) is 5. The Hall–Kier alpha value is -2.15. The maximum atomic E-state index is 12.2. The molecule has 0 bridgehead atoms. The number of hydrogen-bond donors (Lipinski definition) is 2. The van der Waals surface area contributed by atoms with Crippen molar-refractivity contribution in [3.05, 3.63) is 27.8 Å². The lowest BCUT2D eigenvalue weighted by atomic mass is 9.97. The SMILES string of the molecule is COc1cc(NC(=O)CNC2CCCCCCC2)c(C)cc1[N+](=O)[O-]. The fraction of sp³-hybridized carbons (Fsp3) is 0.611. The topological polar surface area (TPSA) is 93.5 Å². The summed E-state index contributed by atoms with van der Waals surface area (Å²) < 4.78 is 5.06. The molecular weight excluding hydrogens is 322 g/mol. The Morgan fingerprint density at radius 2 is 1.88 bits per heavy atom. The predicted octanol–water partition coefficient (Wildman–Crippen LogP) is 3.55. The number of nitrogens with zero attached hydrogens (tertiary/aromatic N) is 1. The lowest BCUT2D eigenvalue weighted by Gasteiger charge is -2.21. The van der Waals surface area contributed by atoms with Gasteiger partial charge in [-0.25, -0.2) is 0 Å². The normalized spacial score (nSPS) is 15.9. The van der Waals surface area contributed by atoms with Gasteiger partial charge in [-0.2, -0.15) is 0 Å². The maximum Gasteiger partial charge on any atom is 0.311 e. The molecule has 2 N–H and O–H groups in total. The molecule has 1 aromatic rings. The van der Waals surface area contributed by atoms with Gasteiger partial charge in [0.05, 0.1) is 18.6 Å². The number of amides is 1. The van der Waals surface area contributed by atoms with Crippen LogP contribution in [-0.2, 0) is 4.79 Å². The highest BCUT2D eigenvalue weighted by Gasteiger charge is 2.19. The predicted molar refractivity (Wildman–Crippen MR) is 97.1 cm³/mol. The van der Waals surface area contributed by atoms with Gasteiger partial charge in [0.25, 0.3) is 0 Å². The number of methoxy groups -OCH3 is 1. The van der Waals surface area contributed by atoms with Crippen LogP contribution in [0.1, 0.15) is 50.5 Å². The van der Waals surface area contributed by atoms with Gasteiger partial charge in [0.15, 0.2) is 5.75 Å². The second-order valence-corrected chi connectivity index (χ2v) is 6.57. The molecule has 1 fully saturated rings. The quantitative estimate of drug-likeness (QED) is 0.605. The minimum absolute atomic E-state index is 0.106. The van der Waals surface area contributed by atoms with Crippen LogP contribution < -0.4 is 15.4 Å². The van der Waals surface area contributed by atoms with Crippen molar-refractivity contribution >= 4 is 17.3 Å². The summed E-state index contributed by atoms with van der Waals surface area (Å²) in [6.07, 6.45) is 8.48. The summed E-state index contributed by atoms with van der Waals surface area (Å²) in [5.74, 6) is -0.0139. The molecule has 1 saturated carbocycles. The first-order chi connectivity index (χ1) is 12.0. The molecule has 1 aromatic carbocycles. The summed E-state index contributed by atoms with van der Waals surface area (Å²) in [5, 5.41) is 17.2. The fourth-order valence-electron chi connectivity index (χ4n) is 3.21. The van der Waals surface area contributed by atoms with E-state index in [9.17, 15) is 14.9 Å². The number of anilines is 1. The Kier molecular flexibility index (Phi) is 7.18. The Balaban J connectivity index is 1.94. The minimum Gasteiger partial charge on any atom is -0.490 e. The number of nitro groups is 1. The lowest BCUT2D eigenvalue weighted by Crippen LogP contribution is -2.36. The molecule has 138 valence electrons. The highest BCUT2D eigenvalue weighted by molar-refractivity contribution is 5.93. The van der Waals surface area contributed by atoms with Crippen LogP contribution in [0.25, 0.3) is 0 Å². The van der Waals surface area contributed by atoms with Crippen LogP contribution in [0.4, 0.5) is 11.4 Å². The second-order valence-electron chi connectivity index (χ2n) is 6.57. The van der Waals surface area contributed by atoms with Gasteiger partial charge in [0.2, 0.25) is 5.91 Å². The average molecular weight is 349 g/mol. The number of ether oxygens (including phenoxy) is 1.